The van der Waals surface area contributed by atoms with Crippen LogP contribution < -0.4 is 4.78 Å². The zero-order valence-corrected chi connectivity index (χ0v) is 24.5. The molecule has 0 aliphatic heterocycles. The second kappa shape index (κ2) is 9.47. The lowest BCUT2D eigenvalue weighted by molar-refractivity contribution is -0.254. The van der Waals surface area contributed by atoms with Crippen molar-refractivity contribution in [3.8, 4) is 29.9 Å². The summed E-state index contributed by atoms with van der Waals surface area (Å²) >= 11 is 5.30. The highest BCUT2D eigenvalue weighted by Crippen LogP contribution is 2.65. The Morgan fingerprint density at radius 1 is 0.575 bits per heavy atom. The first-order valence-electron chi connectivity index (χ1n) is 12.2. The molecule has 6 rings (SSSR count). The molecule has 1 aliphatic rings. The predicted octanol–water partition coefficient (Wildman–Crippen LogP) is 9.64. The van der Waals surface area contributed by atoms with Crippen molar-refractivity contribution in [1.29, 1.82) is 0 Å². The fraction of sp³-hybridized carbons (Fsp3) is 0.172. The molecule has 0 radical (unpaired) electrons. The van der Waals surface area contributed by atoms with Crippen LogP contribution in [0.2, 0.25) is 0 Å². The number of aryl methyl sites for hydroxylation is 2. The van der Waals surface area contributed by atoms with E-state index in [1.807, 2.05) is 31.2 Å². The maximum absolute atomic E-state index is 15.5. The van der Waals surface area contributed by atoms with Crippen LogP contribution in [-0.2, 0) is 0 Å². The van der Waals surface area contributed by atoms with Crippen molar-refractivity contribution in [2.45, 2.75) is 31.6 Å². The SMILES string of the molecule is Bc1sc(-c2ccccc2)cc1C1=C(c2cc(-c3ccc(-c4ccc(C)s4)s3)sc2C)C(F)(F)C(F)(F)C1(F)F. The van der Waals surface area contributed by atoms with Crippen LogP contribution in [0.25, 0.3) is 41.1 Å². The third-order valence-corrected chi connectivity index (χ3v) is 11.6. The molecule has 1 aromatic carbocycles. The molecule has 0 N–H and O–H groups in total. The van der Waals surface area contributed by atoms with Crippen LogP contribution in [0.5, 0.6) is 0 Å². The van der Waals surface area contributed by atoms with Crippen molar-refractivity contribution in [1.82, 2.24) is 0 Å². The second-order valence-electron chi connectivity index (χ2n) is 9.57. The van der Waals surface area contributed by atoms with E-state index in [0.29, 0.717) is 15.3 Å². The summed E-state index contributed by atoms with van der Waals surface area (Å²) in [5.74, 6) is -15.7. The fourth-order valence-corrected chi connectivity index (χ4v) is 9.03. The predicted molar refractivity (Wildman–Crippen MR) is 160 cm³/mol. The topological polar surface area (TPSA) is 0 Å². The number of allylic oxidation sites excluding steroid dienone is 2. The van der Waals surface area contributed by atoms with Crippen LogP contribution in [0, 0.1) is 13.8 Å². The highest BCUT2D eigenvalue weighted by molar-refractivity contribution is 7.26. The number of hydrogen-bond acceptors (Lipinski definition) is 4. The largest absolute Gasteiger partial charge is 0.380 e. The zero-order valence-electron chi connectivity index (χ0n) is 21.3. The van der Waals surface area contributed by atoms with Crippen LogP contribution in [0.4, 0.5) is 26.3 Å². The molecule has 40 heavy (non-hydrogen) atoms. The summed E-state index contributed by atoms with van der Waals surface area (Å²) in [4.78, 5) is 5.29. The Morgan fingerprint density at radius 2 is 1.12 bits per heavy atom. The van der Waals surface area contributed by atoms with Crippen molar-refractivity contribution in [2.24, 2.45) is 0 Å². The summed E-state index contributed by atoms with van der Waals surface area (Å²) in [6, 6.07) is 19.2. The Balaban J connectivity index is 1.53. The number of rotatable bonds is 5. The van der Waals surface area contributed by atoms with Gasteiger partial charge in [0.05, 0.1) is 0 Å². The van der Waals surface area contributed by atoms with Gasteiger partial charge >= 0.3 is 17.8 Å². The van der Waals surface area contributed by atoms with E-state index in [2.05, 4.69) is 0 Å². The smallest absolute Gasteiger partial charge is 0.194 e. The number of alkyl halides is 6. The summed E-state index contributed by atoms with van der Waals surface area (Å²) in [7, 11) is 1.49. The number of thiophene rings is 4. The van der Waals surface area contributed by atoms with Gasteiger partial charge in [0.2, 0.25) is 0 Å². The van der Waals surface area contributed by atoms with E-state index in [4.69, 9.17) is 0 Å². The molecular formula is C29H19BF6S4. The van der Waals surface area contributed by atoms with Gasteiger partial charge in [0.25, 0.3) is 0 Å². The lowest BCUT2D eigenvalue weighted by Gasteiger charge is -2.25. The highest BCUT2D eigenvalue weighted by Gasteiger charge is 2.80. The van der Waals surface area contributed by atoms with Gasteiger partial charge in [-0.15, -0.1) is 34.0 Å². The first-order chi connectivity index (χ1) is 18.8. The average molecular weight is 621 g/mol. The highest BCUT2D eigenvalue weighted by atomic mass is 32.1. The standard InChI is InChI=1S/C29H19BF6S4/c1-14-8-9-19(37-14)20-10-11-21(39-20)23-12-17(15(2)38-23)24-25(28(33,34)29(35,36)27(24,31)32)18-13-22(40-26(18)30)16-6-4-3-5-7-16/h3-13H,30H2,1-2H3. The normalized spacial score (nSPS) is 17.6. The molecule has 11 heteroatoms. The minimum absolute atomic E-state index is 0.266. The van der Waals surface area contributed by atoms with Crippen molar-refractivity contribution in [3.05, 3.63) is 87.6 Å². The van der Waals surface area contributed by atoms with Crippen molar-refractivity contribution in [3.63, 3.8) is 0 Å². The van der Waals surface area contributed by atoms with E-state index in [1.54, 1.807) is 41.7 Å². The van der Waals surface area contributed by atoms with Gasteiger partial charge in [0, 0.05) is 45.3 Å². The maximum atomic E-state index is 15.5. The molecule has 0 spiro atoms. The third kappa shape index (κ3) is 4.08. The molecule has 4 aromatic heterocycles. The summed E-state index contributed by atoms with van der Waals surface area (Å²) in [5.41, 5.74) is -2.46. The van der Waals surface area contributed by atoms with Crippen LogP contribution in [0.3, 0.4) is 0 Å². The first-order valence-corrected chi connectivity index (χ1v) is 15.4. The van der Waals surface area contributed by atoms with E-state index < -0.39 is 28.9 Å². The molecule has 0 fully saturated rings. The van der Waals surface area contributed by atoms with Crippen molar-refractivity contribution >= 4 is 69.1 Å². The first kappa shape index (κ1) is 27.6. The molecule has 5 aromatic rings. The van der Waals surface area contributed by atoms with E-state index in [9.17, 15) is 8.78 Å². The van der Waals surface area contributed by atoms with Gasteiger partial charge in [0.15, 0.2) is 7.85 Å². The van der Waals surface area contributed by atoms with Gasteiger partial charge in [0.1, 0.15) is 0 Å². The van der Waals surface area contributed by atoms with Crippen LogP contribution in [0.15, 0.2) is 66.7 Å². The molecule has 0 unspecified atom stereocenters. The molecule has 0 atom stereocenters. The Bertz CT molecular complexity index is 1770. The minimum atomic E-state index is -5.59. The Hall–Kier alpha value is -2.60. The summed E-state index contributed by atoms with van der Waals surface area (Å²) in [5, 5.41) is 0. The minimum Gasteiger partial charge on any atom is -0.194 e. The molecule has 0 bridgehead atoms. The monoisotopic (exact) mass is 620 g/mol. The third-order valence-electron chi connectivity index (χ3n) is 6.93. The molecule has 0 amide bonds. The van der Waals surface area contributed by atoms with Gasteiger partial charge < -0.3 is 0 Å². The zero-order chi connectivity index (χ0) is 28.6. The number of hydrogen-bond donors (Lipinski definition) is 0. The Kier molecular flexibility index (Phi) is 6.53. The summed E-state index contributed by atoms with van der Waals surface area (Å²) in [6.45, 7) is 3.50. The summed E-state index contributed by atoms with van der Waals surface area (Å²) < 4.78 is 92.1. The maximum Gasteiger partial charge on any atom is 0.380 e. The molecule has 0 saturated carbocycles. The molecule has 0 saturated heterocycles. The molecule has 0 nitrogen and oxygen atoms in total. The van der Waals surface area contributed by atoms with Gasteiger partial charge in [-0.1, -0.05) is 30.3 Å². The molecule has 204 valence electrons. The van der Waals surface area contributed by atoms with Gasteiger partial charge in [-0.05, 0) is 71.7 Å². The van der Waals surface area contributed by atoms with Crippen LogP contribution in [0.1, 0.15) is 20.9 Å². The average Bonchev–Trinajstić information content (AvgIpc) is 3.70. The Labute approximate surface area is 243 Å². The van der Waals surface area contributed by atoms with Crippen molar-refractivity contribution in [2.75, 3.05) is 0 Å². The molecule has 4 heterocycles. The van der Waals surface area contributed by atoms with E-state index >= 15 is 17.6 Å². The van der Waals surface area contributed by atoms with Gasteiger partial charge in [-0.25, -0.2) is 0 Å². The van der Waals surface area contributed by atoms with E-state index in [1.165, 1.54) is 38.2 Å². The van der Waals surface area contributed by atoms with Crippen molar-refractivity contribution < 1.29 is 26.3 Å². The van der Waals surface area contributed by atoms with Crippen LogP contribution in [-0.4, -0.2) is 25.6 Å². The molecular weight excluding hydrogens is 601 g/mol. The number of halogens is 6. The van der Waals surface area contributed by atoms with Crippen LogP contribution >= 0.6 is 45.3 Å². The lowest BCUT2D eigenvalue weighted by Crippen LogP contribution is -2.49. The van der Waals surface area contributed by atoms with Gasteiger partial charge in [-0.2, -0.15) is 37.7 Å². The lowest BCUT2D eigenvalue weighted by atomic mass is 9.90. The second-order valence-corrected chi connectivity index (χ2v) is 14.5. The van der Waals surface area contributed by atoms with Gasteiger partial charge in [-0.3, -0.25) is 0 Å². The summed E-state index contributed by atoms with van der Waals surface area (Å²) in [6.07, 6.45) is 0. The number of benzene rings is 1. The Morgan fingerprint density at radius 3 is 1.75 bits per heavy atom. The van der Waals surface area contributed by atoms with E-state index in [-0.39, 0.29) is 20.8 Å². The quantitative estimate of drug-likeness (QED) is 0.136. The molecule has 1 aliphatic carbocycles. The van der Waals surface area contributed by atoms with E-state index in [0.717, 1.165) is 42.2 Å². The fourth-order valence-electron chi connectivity index (χ4n) is 4.93.